The molecule has 2 aliphatic heterocycles. The fraction of sp³-hybridized carbons (Fsp3) is 0.929. The van der Waals surface area contributed by atoms with Crippen LogP contribution in [0.2, 0.25) is 0 Å². The maximum absolute atomic E-state index is 12.3. The van der Waals surface area contributed by atoms with Crippen molar-refractivity contribution in [3.8, 4) is 0 Å². The maximum atomic E-state index is 12.3. The molecule has 3 fully saturated rings. The lowest BCUT2D eigenvalue weighted by Crippen LogP contribution is -2.32. The molecule has 2 N–H and O–H groups in total. The van der Waals surface area contributed by atoms with Crippen molar-refractivity contribution in [3.05, 3.63) is 0 Å². The number of fused-ring (bicyclic) bond motifs is 1. The molecule has 3 rings (SSSR count). The van der Waals surface area contributed by atoms with Gasteiger partial charge in [-0.1, -0.05) is 0 Å². The number of amides is 1. The van der Waals surface area contributed by atoms with Crippen LogP contribution in [0.3, 0.4) is 0 Å². The standard InChI is InChI=1S/C14H24N2O3S/c15-13-2-1-11-7-16(8-12(11)6-13)14(17)5-10-3-4-20(18,19)9-10/h10-13H,1-9,15H2/t10?,11-,12+,13?/m1/s1. The molecule has 6 heteroatoms. The second-order valence-corrected chi connectivity index (χ2v) is 9.09. The van der Waals surface area contributed by atoms with Crippen LogP contribution in [0.15, 0.2) is 0 Å². The molecule has 0 spiro atoms. The van der Waals surface area contributed by atoms with Gasteiger partial charge in [0, 0.05) is 25.6 Å². The van der Waals surface area contributed by atoms with Gasteiger partial charge in [-0.3, -0.25) is 4.79 Å². The zero-order valence-electron chi connectivity index (χ0n) is 11.8. The number of likely N-dealkylation sites (tertiary alicyclic amines) is 1. The van der Waals surface area contributed by atoms with E-state index in [0.717, 1.165) is 32.4 Å². The lowest BCUT2D eigenvalue weighted by molar-refractivity contribution is -0.131. The first-order chi connectivity index (χ1) is 9.43. The Bertz CT molecular complexity index is 491. The van der Waals surface area contributed by atoms with Crippen molar-refractivity contribution in [1.82, 2.24) is 4.90 Å². The van der Waals surface area contributed by atoms with Crippen molar-refractivity contribution in [3.63, 3.8) is 0 Å². The van der Waals surface area contributed by atoms with Gasteiger partial charge in [-0.25, -0.2) is 8.42 Å². The van der Waals surface area contributed by atoms with Crippen LogP contribution in [0, 0.1) is 17.8 Å². The van der Waals surface area contributed by atoms with E-state index in [1.54, 1.807) is 0 Å². The van der Waals surface area contributed by atoms with Crippen LogP contribution in [0.4, 0.5) is 0 Å². The molecule has 2 saturated heterocycles. The van der Waals surface area contributed by atoms with Crippen LogP contribution in [0.25, 0.3) is 0 Å². The zero-order valence-corrected chi connectivity index (χ0v) is 12.6. The molecule has 114 valence electrons. The third kappa shape index (κ3) is 3.01. The summed E-state index contributed by atoms with van der Waals surface area (Å²) in [6, 6.07) is 0.297. The van der Waals surface area contributed by atoms with Crippen molar-refractivity contribution in [2.24, 2.45) is 23.5 Å². The molecule has 2 heterocycles. The Morgan fingerprint density at radius 3 is 2.60 bits per heavy atom. The van der Waals surface area contributed by atoms with Crippen LogP contribution >= 0.6 is 0 Å². The molecule has 0 radical (unpaired) electrons. The topological polar surface area (TPSA) is 80.5 Å². The number of nitrogens with zero attached hydrogens (tertiary/aromatic N) is 1. The first kappa shape index (κ1) is 14.3. The Morgan fingerprint density at radius 2 is 1.90 bits per heavy atom. The van der Waals surface area contributed by atoms with E-state index >= 15 is 0 Å². The molecular formula is C14H24N2O3S. The normalized spacial score (nSPS) is 39.8. The van der Waals surface area contributed by atoms with Gasteiger partial charge in [0.15, 0.2) is 9.84 Å². The minimum absolute atomic E-state index is 0.0392. The van der Waals surface area contributed by atoms with Gasteiger partial charge in [0.2, 0.25) is 5.91 Å². The summed E-state index contributed by atoms with van der Waals surface area (Å²) >= 11 is 0. The van der Waals surface area contributed by atoms with Crippen molar-refractivity contribution >= 4 is 15.7 Å². The second-order valence-electron chi connectivity index (χ2n) is 6.87. The fourth-order valence-corrected chi connectivity index (χ4v) is 5.94. The summed E-state index contributed by atoms with van der Waals surface area (Å²) in [4.78, 5) is 14.3. The highest BCUT2D eigenvalue weighted by Gasteiger charge is 2.39. The first-order valence-corrected chi connectivity index (χ1v) is 9.49. The Kier molecular flexibility index (Phi) is 3.79. The van der Waals surface area contributed by atoms with Gasteiger partial charge in [-0.05, 0) is 43.4 Å². The molecule has 0 aromatic heterocycles. The first-order valence-electron chi connectivity index (χ1n) is 7.67. The molecule has 0 aromatic carbocycles. The largest absolute Gasteiger partial charge is 0.342 e. The average molecular weight is 300 g/mol. The Morgan fingerprint density at radius 1 is 1.15 bits per heavy atom. The fourth-order valence-electron chi connectivity index (χ4n) is 4.08. The quantitative estimate of drug-likeness (QED) is 0.800. The summed E-state index contributed by atoms with van der Waals surface area (Å²) in [5.41, 5.74) is 6.00. The van der Waals surface area contributed by atoms with Gasteiger partial charge in [0.05, 0.1) is 11.5 Å². The summed E-state index contributed by atoms with van der Waals surface area (Å²) in [5.74, 6) is 1.82. The summed E-state index contributed by atoms with van der Waals surface area (Å²) in [5, 5.41) is 0. The van der Waals surface area contributed by atoms with Crippen molar-refractivity contribution in [2.45, 2.75) is 38.1 Å². The molecule has 1 aliphatic carbocycles. The highest BCUT2D eigenvalue weighted by molar-refractivity contribution is 7.91. The minimum Gasteiger partial charge on any atom is -0.342 e. The Balaban J connectivity index is 1.54. The van der Waals surface area contributed by atoms with Gasteiger partial charge in [0.25, 0.3) is 0 Å². The lowest BCUT2D eigenvalue weighted by Gasteiger charge is -2.27. The monoisotopic (exact) mass is 300 g/mol. The van der Waals surface area contributed by atoms with E-state index in [1.165, 1.54) is 0 Å². The lowest BCUT2D eigenvalue weighted by atomic mass is 9.79. The van der Waals surface area contributed by atoms with Gasteiger partial charge >= 0.3 is 0 Å². The van der Waals surface area contributed by atoms with E-state index in [2.05, 4.69) is 0 Å². The van der Waals surface area contributed by atoms with E-state index in [-0.39, 0.29) is 23.3 Å². The molecule has 0 aromatic rings. The van der Waals surface area contributed by atoms with Crippen LogP contribution in [-0.4, -0.2) is 49.9 Å². The average Bonchev–Trinajstić information content (AvgIpc) is 2.92. The number of hydrogen-bond donors (Lipinski definition) is 1. The predicted octanol–water partition coefficient (Wildman–Crippen LogP) is 0.397. The number of hydrogen-bond acceptors (Lipinski definition) is 4. The van der Waals surface area contributed by atoms with Crippen LogP contribution < -0.4 is 5.73 Å². The van der Waals surface area contributed by atoms with Gasteiger partial charge in [0.1, 0.15) is 0 Å². The Labute approximate surface area is 120 Å². The summed E-state index contributed by atoms with van der Waals surface area (Å²) in [7, 11) is -2.88. The number of rotatable bonds is 2. The molecule has 2 unspecified atom stereocenters. The zero-order chi connectivity index (χ0) is 14.3. The molecule has 0 bridgehead atoms. The highest BCUT2D eigenvalue weighted by atomic mass is 32.2. The van der Waals surface area contributed by atoms with E-state index in [4.69, 9.17) is 5.73 Å². The van der Waals surface area contributed by atoms with Crippen LogP contribution in [-0.2, 0) is 14.6 Å². The third-order valence-corrected chi connectivity index (χ3v) is 7.07. The molecular weight excluding hydrogens is 276 g/mol. The smallest absolute Gasteiger partial charge is 0.222 e. The third-order valence-electron chi connectivity index (χ3n) is 5.23. The molecule has 3 aliphatic rings. The molecule has 4 atom stereocenters. The SMILES string of the molecule is NC1CC[C@@H]2CN(C(=O)CC3CCS(=O)(=O)C3)C[C@@H]2C1. The molecule has 1 amide bonds. The van der Waals surface area contributed by atoms with Crippen molar-refractivity contribution in [2.75, 3.05) is 24.6 Å². The van der Waals surface area contributed by atoms with Crippen LogP contribution in [0.5, 0.6) is 0 Å². The van der Waals surface area contributed by atoms with E-state index in [0.29, 0.717) is 30.7 Å². The predicted molar refractivity (Wildman–Crippen MR) is 76.8 cm³/mol. The van der Waals surface area contributed by atoms with Crippen molar-refractivity contribution < 1.29 is 13.2 Å². The van der Waals surface area contributed by atoms with E-state index < -0.39 is 9.84 Å². The van der Waals surface area contributed by atoms with E-state index in [9.17, 15) is 13.2 Å². The van der Waals surface area contributed by atoms with Gasteiger partial charge in [-0.2, -0.15) is 0 Å². The number of nitrogens with two attached hydrogens (primary N) is 1. The molecule has 20 heavy (non-hydrogen) atoms. The Hall–Kier alpha value is -0.620. The summed E-state index contributed by atoms with van der Waals surface area (Å²) in [6.45, 7) is 1.69. The van der Waals surface area contributed by atoms with Gasteiger partial charge in [-0.15, -0.1) is 0 Å². The number of sulfone groups is 1. The van der Waals surface area contributed by atoms with Crippen molar-refractivity contribution in [1.29, 1.82) is 0 Å². The second kappa shape index (κ2) is 5.30. The summed E-state index contributed by atoms with van der Waals surface area (Å²) in [6.07, 6.45) is 4.30. The minimum atomic E-state index is -2.88. The molecule has 1 saturated carbocycles. The number of carbonyl (C=O) groups excluding carboxylic acids is 1. The highest BCUT2D eigenvalue weighted by Crippen LogP contribution is 2.36. The van der Waals surface area contributed by atoms with Crippen LogP contribution in [0.1, 0.15) is 32.1 Å². The summed E-state index contributed by atoms with van der Waals surface area (Å²) < 4.78 is 22.9. The van der Waals surface area contributed by atoms with E-state index in [1.807, 2.05) is 4.90 Å². The number of carbonyl (C=O) groups is 1. The van der Waals surface area contributed by atoms with Gasteiger partial charge < -0.3 is 10.6 Å². The molecule has 5 nitrogen and oxygen atoms in total. The maximum Gasteiger partial charge on any atom is 0.222 e.